The molecule has 0 aromatic heterocycles. The van der Waals surface area contributed by atoms with Gasteiger partial charge in [0.1, 0.15) is 0 Å². The molecule has 0 unspecified atom stereocenters. The topological polar surface area (TPSA) is 74.8 Å². The minimum Gasteiger partial charge on any atom is -0.385 e. The fraction of sp³-hybridized carbons (Fsp3) is 0.667. The maximum Gasteiger partial charge on any atom is 0.227 e. The number of carbonyl (C=O) groups is 1. The van der Waals surface area contributed by atoms with Gasteiger partial charge in [0.15, 0.2) is 5.96 Å². The van der Waals surface area contributed by atoms with Crippen LogP contribution < -0.4 is 16.0 Å². The van der Waals surface area contributed by atoms with Gasteiger partial charge in [-0.25, -0.2) is 0 Å². The van der Waals surface area contributed by atoms with Gasteiger partial charge in [-0.1, -0.05) is 37.8 Å². The number of carbonyl (C=O) groups excluding carboxylic acids is 1. The van der Waals surface area contributed by atoms with Crippen molar-refractivity contribution in [3.05, 3.63) is 29.8 Å². The van der Waals surface area contributed by atoms with Crippen LogP contribution in [-0.4, -0.2) is 39.2 Å². The highest BCUT2D eigenvalue weighted by Gasteiger charge is 2.33. The zero-order valence-corrected chi connectivity index (χ0v) is 18.6. The average molecular weight is 415 g/mol. The van der Waals surface area contributed by atoms with Crippen molar-refractivity contribution in [3.8, 4) is 0 Å². The summed E-state index contributed by atoms with van der Waals surface area (Å²) in [5, 5.41) is 10.0. The minimum absolute atomic E-state index is 0.160. The number of guanidine groups is 1. The Hall–Kier alpha value is -2.08. The summed E-state index contributed by atoms with van der Waals surface area (Å²) in [5.41, 5.74) is 2.31. The monoisotopic (exact) mass is 414 g/mol. The van der Waals surface area contributed by atoms with Gasteiger partial charge in [-0.2, -0.15) is 0 Å². The third kappa shape index (κ3) is 6.46. The first kappa shape index (κ1) is 22.6. The van der Waals surface area contributed by atoms with Crippen LogP contribution in [0.5, 0.6) is 0 Å². The predicted octanol–water partition coefficient (Wildman–Crippen LogP) is 4.08. The lowest BCUT2D eigenvalue weighted by Gasteiger charge is -2.30. The van der Waals surface area contributed by atoms with Gasteiger partial charge in [-0.3, -0.25) is 9.79 Å². The van der Waals surface area contributed by atoms with E-state index in [1.165, 1.54) is 38.5 Å². The highest BCUT2D eigenvalue weighted by molar-refractivity contribution is 5.92. The molecule has 166 valence electrons. The maximum absolute atomic E-state index is 12.4. The van der Waals surface area contributed by atoms with E-state index in [1.807, 2.05) is 25.2 Å². The summed E-state index contributed by atoms with van der Waals surface area (Å²) >= 11 is 0. The second kappa shape index (κ2) is 11.3. The van der Waals surface area contributed by atoms with E-state index in [9.17, 15) is 4.79 Å². The van der Waals surface area contributed by atoms with Gasteiger partial charge in [0.25, 0.3) is 0 Å². The van der Waals surface area contributed by atoms with Crippen LogP contribution in [0.1, 0.15) is 63.4 Å². The van der Waals surface area contributed by atoms with Crippen molar-refractivity contribution in [2.75, 3.05) is 32.6 Å². The zero-order chi connectivity index (χ0) is 21.2. The van der Waals surface area contributed by atoms with Crippen molar-refractivity contribution in [2.24, 2.45) is 16.3 Å². The van der Waals surface area contributed by atoms with Gasteiger partial charge in [0.2, 0.25) is 5.91 Å². The first-order valence-electron chi connectivity index (χ1n) is 11.5. The molecule has 0 bridgehead atoms. The summed E-state index contributed by atoms with van der Waals surface area (Å²) < 4.78 is 5.33. The van der Waals surface area contributed by atoms with Crippen molar-refractivity contribution in [2.45, 2.75) is 64.3 Å². The molecule has 0 saturated heterocycles. The lowest BCUT2D eigenvalue weighted by Crippen LogP contribution is -2.43. The van der Waals surface area contributed by atoms with Crippen LogP contribution in [0.3, 0.4) is 0 Å². The quantitative estimate of drug-likeness (QED) is 0.420. The molecule has 1 aromatic carbocycles. The number of anilines is 1. The highest BCUT2D eigenvalue weighted by Crippen LogP contribution is 2.40. The van der Waals surface area contributed by atoms with Crippen molar-refractivity contribution < 1.29 is 9.53 Å². The van der Waals surface area contributed by atoms with E-state index >= 15 is 0 Å². The Bertz CT molecular complexity index is 707. The number of hydrogen-bond acceptors (Lipinski definition) is 3. The summed E-state index contributed by atoms with van der Waals surface area (Å²) in [6, 6.07) is 8.07. The number of rotatable bonds is 9. The van der Waals surface area contributed by atoms with Crippen LogP contribution in [0.4, 0.5) is 5.69 Å². The van der Waals surface area contributed by atoms with Gasteiger partial charge < -0.3 is 20.7 Å². The predicted molar refractivity (Wildman–Crippen MR) is 123 cm³/mol. The molecule has 2 aliphatic carbocycles. The standard InChI is InChI=1S/C24H38N4O2/c1-25-23(27-18-24(14-15-30-2)12-5-6-13-24)26-17-19-8-7-11-21(16-19)28-22(29)20-9-3-4-10-20/h7-8,11,16,20H,3-6,9-10,12-15,17-18H2,1-2H3,(H,28,29)(H2,25,26,27). The van der Waals surface area contributed by atoms with Crippen LogP contribution >= 0.6 is 0 Å². The van der Waals surface area contributed by atoms with Crippen LogP contribution in [0.2, 0.25) is 0 Å². The van der Waals surface area contributed by atoms with Crippen molar-refractivity contribution >= 4 is 17.6 Å². The van der Waals surface area contributed by atoms with Gasteiger partial charge in [-0.15, -0.1) is 0 Å². The van der Waals surface area contributed by atoms with Crippen LogP contribution in [-0.2, 0) is 16.1 Å². The van der Waals surface area contributed by atoms with Gasteiger partial charge in [-0.05, 0) is 55.2 Å². The normalized spacial score (nSPS) is 19.1. The zero-order valence-electron chi connectivity index (χ0n) is 18.6. The molecular formula is C24H38N4O2. The summed E-state index contributed by atoms with van der Waals surface area (Å²) in [4.78, 5) is 16.8. The summed E-state index contributed by atoms with van der Waals surface area (Å²) in [7, 11) is 3.59. The van der Waals surface area contributed by atoms with Crippen LogP contribution in [0.15, 0.2) is 29.3 Å². The van der Waals surface area contributed by atoms with Crippen molar-refractivity contribution in [1.29, 1.82) is 0 Å². The van der Waals surface area contributed by atoms with E-state index in [-0.39, 0.29) is 11.8 Å². The molecule has 6 heteroatoms. The molecule has 2 saturated carbocycles. The second-order valence-corrected chi connectivity index (χ2v) is 8.90. The summed E-state index contributed by atoms with van der Waals surface area (Å²) in [6.07, 6.45) is 10.6. The Morgan fingerprint density at radius 3 is 2.63 bits per heavy atom. The Labute approximate surface area is 181 Å². The Morgan fingerprint density at radius 1 is 1.17 bits per heavy atom. The Morgan fingerprint density at radius 2 is 1.93 bits per heavy atom. The highest BCUT2D eigenvalue weighted by atomic mass is 16.5. The number of hydrogen-bond donors (Lipinski definition) is 3. The number of methoxy groups -OCH3 is 1. The molecule has 2 aliphatic rings. The third-order valence-corrected chi connectivity index (χ3v) is 6.74. The molecule has 0 heterocycles. The summed E-state index contributed by atoms with van der Waals surface area (Å²) in [5.74, 6) is 1.16. The molecule has 30 heavy (non-hydrogen) atoms. The first-order chi connectivity index (χ1) is 14.6. The number of nitrogens with one attached hydrogen (secondary N) is 3. The molecule has 2 fully saturated rings. The number of amides is 1. The molecule has 3 N–H and O–H groups in total. The molecule has 6 nitrogen and oxygen atoms in total. The van der Waals surface area contributed by atoms with Crippen molar-refractivity contribution in [3.63, 3.8) is 0 Å². The average Bonchev–Trinajstić information content (AvgIpc) is 3.46. The number of nitrogens with zero attached hydrogens (tertiary/aromatic N) is 1. The summed E-state index contributed by atoms with van der Waals surface area (Å²) in [6.45, 7) is 2.40. The second-order valence-electron chi connectivity index (χ2n) is 8.90. The molecule has 0 aliphatic heterocycles. The fourth-order valence-corrected chi connectivity index (χ4v) is 4.83. The fourth-order valence-electron chi connectivity index (χ4n) is 4.83. The number of aliphatic imine (C=N–C) groups is 1. The molecular weight excluding hydrogens is 376 g/mol. The Kier molecular flexibility index (Phi) is 8.55. The van der Waals surface area contributed by atoms with E-state index < -0.39 is 0 Å². The third-order valence-electron chi connectivity index (χ3n) is 6.74. The van der Waals surface area contributed by atoms with Gasteiger partial charge in [0.05, 0.1) is 0 Å². The smallest absolute Gasteiger partial charge is 0.227 e. The largest absolute Gasteiger partial charge is 0.385 e. The SMILES string of the molecule is CN=C(NCc1cccc(NC(=O)C2CCCC2)c1)NCC1(CCOC)CCCC1. The van der Waals surface area contributed by atoms with E-state index in [1.54, 1.807) is 7.11 Å². The molecule has 1 amide bonds. The number of benzene rings is 1. The number of ether oxygens (including phenoxy) is 1. The lowest BCUT2D eigenvalue weighted by molar-refractivity contribution is -0.119. The van der Waals surface area contributed by atoms with E-state index in [4.69, 9.17) is 4.74 Å². The molecule has 3 rings (SSSR count). The lowest BCUT2D eigenvalue weighted by atomic mass is 9.83. The maximum atomic E-state index is 12.4. The van der Waals surface area contributed by atoms with E-state index in [0.29, 0.717) is 12.0 Å². The van der Waals surface area contributed by atoms with Crippen molar-refractivity contribution in [1.82, 2.24) is 10.6 Å². The first-order valence-corrected chi connectivity index (χ1v) is 11.5. The molecule has 1 aromatic rings. The van der Waals surface area contributed by atoms with Gasteiger partial charge in [0, 0.05) is 45.5 Å². The molecule has 0 radical (unpaired) electrons. The molecule has 0 atom stereocenters. The van der Waals surface area contributed by atoms with Crippen LogP contribution in [0, 0.1) is 11.3 Å². The Balaban J connectivity index is 1.49. The van der Waals surface area contributed by atoms with E-state index in [2.05, 4.69) is 27.0 Å². The van der Waals surface area contributed by atoms with Gasteiger partial charge >= 0.3 is 0 Å². The minimum atomic E-state index is 0.160. The molecule has 0 spiro atoms. The van der Waals surface area contributed by atoms with Crippen LogP contribution in [0.25, 0.3) is 0 Å². The van der Waals surface area contributed by atoms with E-state index in [0.717, 1.165) is 49.6 Å².